The van der Waals surface area contributed by atoms with Crippen molar-refractivity contribution < 1.29 is 19.4 Å². The molecular formula is C35H36N6O4. The second-order valence-electron chi connectivity index (χ2n) is 12.1. The Labute approximate surface area is 261 Å². The molecule has 0 unspecified atom stereocenters. The van der Waals surface area contributed by atoms with Crippen LogP contribution >= 0.6 is 0 Å². The Kier molecular flexibility index (Phi) is 7.99. The van der Waals surface area contributed by atoms with Crippen molar-refractivity contribution >= 4 is 45.9 Å². The lowest BCUT2D eigenvalue weighted by molar-refractivity contribution is 0.100. The van der Waals surface area contributed by atoms with E-state index in [0.717, 1.165) is 48.8 Å². The summed E-state index contributed by atoms with van der Waals surface area (Å²) in [6.07, 6.45) is 1.62. The van der Waals surface area contributed by atoms with Gasteiger partial charge in [-0.3, -0.25) is 19.3 Å². The number of aryl methyl sites for hydroxylation is 1. The summed E-state index contributed by atoms with van der Waals surface area (Å²) in [7, 11) is 0. The molecule has 0 saturated carbocycles. The zero-order valence-electron chi connectivity index (χ0n) is 25.8. The maximum Gasteiger partial charge on any atom is 0.273 e. The van der Waals surface area contributed by atoms with Gasteiger partial charge in [0.2, 0.25) is 0 Å². The van der Waals surface area contributed by atoms with Crippen molar-refractivity contribution in [2.24, 2.45) is 4.99 Å². The Morgan fingerprint density at radius 2 is 1.73 bits per heavy atom. The number of nitrogens with zero attached hydrogens (tertiary/aromatic N) is 4. The fraction of sp³-hybridized carbons (Fsp3) is 0.257. The van der Waals surface area contributed by atoms with Crippen LogP contribution in [0.4, 0.5) is 17.1 Å². The van der Waals surface area contributed by atoms with Gasteiger partial charge in [0.15, 0.2) is 11.7 Å². The van der Waals surface area contributed by atoms with Gasteiger partial charge >= 0.3 is 0 Å². The van der Waals surface area contributed by atoms with E-state index < -0.39 is 0 Å². The molecular weight excluding hydrogens is 568 g/mol. The summed E-state index contributed by atoms with van der Waals surface area (Å²) in [5.41, 5.74) is 5.22. The Hall–Kier alpha value is -5.22. The number of ether oxygens (including phenoxy) is 1. The molecule has 1 amide bonds. The van der Waals surface area contributed by atoms with Crippen molar-refractivity contribution in [3.05, 3.63) is 101 Å². The Bertz CT molecular complexity index is 1910. The number of aromatic hydroxyl groups is 1. The lowest BCUT2D eigenvalue weighted by Crippen LogP contribution is -2.36. The van der Waals surface area contributed by atoms with E-state index in [1.807, 2.05) is 52.0 Å². The van der Waals surface area contributed by atoms with E-state index in [2.05, 4.69) is 25.3 Å². The first-order valence-corrected chi connectivity index (χ1v) is 14.9. The normalized spacial score (nSPS) is 13.9. The van der Waals surface area contributed by atoms with E-state index in [9.17, 15) is 14.7 Å². The number of H-pyrrole nitrogens is 1. The lowest BCUT2D eigenvalue weighted by atomic mass is 10.0. The second-order valence-corrected chi connectivity index (χ2v) is 12.1. The molecule has 5 aromatic rings. The quantitative estimate of drug-likeness (QED) is 0.150. The Morgan fingerprint density at radius 1 is 1.00 bits per heavy atom. The van der Waals surface area contributed by atoms with Crippen LogP contribution in [-0.4, -0.2) is 64.1 Å². The molecule has 0 radical (unpaired) electrons. The van der Waals surface area contributed by atoms with Crippen LogP contribution < -0.4 is 10.2 Å². The summed E-state index contributed by atoms with van der Waals surface area (Å²) >= 11 is 0. The number of amides is 1. The molecule has 3 N–H and O–H groups in total. The van der Waals surface area contributed by atoms with Crippen molar-refractivity contribution in [2.75, 3.05) is 36.5 Å². The van der Waals surface area contributed by atoms with Gasteiger partial charge in [-0.15, -0.1) is 0 Å². The number of benzene rings is 3. The fourth-order valence-corrected chi connectivity index (χ4v) is 5.46. The molecule has 1 aliphatic rings. The van der Waals surface area contributed by atoms with Crippen LogP contribution in [-0.2, 0) is 10.3 Å². The molecule has 230 valence electrons. The van der Waals surface area contributed by atoms with E-state index in [4.69, 9.17) is 4.74 Å². The number of hydrogen-bond acceptors (Lipinski definition) is 7. The minimum Gasteiger partial charge on any atom is -0.494 e. The number of fused-ring (bicyclic) bond motifs is 1. The van der Waals surface area contributed by atoms with Crippen molar-refractivity contribution in [3.8, 4) is 5.88 Å². The molecule has 10 heteroatoms. The van der Waals surface area contributed by atoms with Gasteiger partial charge in [0, 0.05) is 52.7 Å². The van der Waals surface area contributed by atoms with E-state index in [1.165, 1.54) is 0 Å². The lowest BCUT2D eigenvalue weighted by Gasteiger charge is -2.28. The molecule has 45 heavy (non-hydrogen) atoms. The molecule has 1 saturated heterocycles. The largest absolute Gasteiger partial charge is 0.494 e. The van der Waals surface area contributed by atoms with Crippen molar-refractivity contribution in [1.29, 1.82) is 0 Å². The number of aromatic amines is 1. The van der Waals surface area contributed by atoms with Gasteiger partial charge in [0.1, 0.15) is 5.69 Å². The van der Waals surface area contributed by atoms with Crippen LogP contribution in [0.2, 0.25) is 0 Å². The molecule has 1 fully saturated rings. The molecule has 0 aliphatic carbocycles. The summed E-state index contributed by atoms with van der Waals surface area (Å²) in [6, 6.07) is 21.8. The zero-order chi connectivity index (χ0) is 31.7. The van der Waals surface area contributed by atoms with Gasteiger partial charge in [0.05, 0.1) is 35.7 Å². The Morgan fingerprint density at radius 3 is 2.47 bits per heavy atom. The predicted molar refractivity (Wildman–Crippen MR) is 176 cm³/mol. The van der Waals surface area contributed by atoms with Crippen molar-refractivity contribution in [2.45, 2.75) is 33.2 Å². The van der Waals surface area contributed by atoms with E-state index in [0.29, 0.717) is 33.6 Å². The average molecular weight is 605 g/mol. The summed E-state index contributed by atoms with van der Waals surface area (Å²) in [4.78, 5) is 36.5. The monoisotopic (exact) mass is 604 g/mol. The number of aliphatic imine (C=N–C) groups is 1. The summed E-state index contributed by atoms with van der Waals surface area (Å²) in [6.45, 7) is 11.0. The third-order valence-electron chi connectivity index (χ3n) is 7.73. The summed E-state index contributed by atoms with van der Waals surface area (Å²) in [5, 5.41) is 18.8. The van der Waals surface area contributed by atoms with Gasteiger partial charge in [-0.05, 0) is 76.2 Å². The third kappa shape index (κ3) is 6.37. The van der Waals surface area contributed by atoms with Crippen LogP contribution in [0.15, 0.2) is 77.8 Å². The minimum absolute atomic E-state index is 0.0299. The molecule has 3 aromatic carbocycles. The number of aromatic nitrogens is 3. The number of carbonyl (C=O) groups is 2. The predicted octanol–water partition coefficient (Wildman–Crippen LogP) is 6.20. The molecule has 10 nitrogen and oxygen atoms in total. The van der Waals surface area contributed by atoms with E-state index >= 15 is 0 Å². The topological polar surface area (TPSA) is 125 Å². The molecule has 6 rings (SSSR count). The minimum atomic E-state index is -0.371. The summed E-state index contributed by atoms with van der Waals surface area (Å²) in [5.74, 6) is -0.549. The molecule has 0 spiro atoms. The van der Waals surface area contributed by atoms with Gasteiger partial charge in [-0.2, -0.15) is 5.10 Å². The van der Waals surface area contributed by atoms with Crippen LogP contribution in [0.5, 0.6) is 5.88 Å². The number of rotatable bonds is 7. The molecule has 0 atom stereocenters. The van der Waals surface area contributed by atoms with Gasteiger partial charge < -0.3 is 25.0 Å². The number of nitrogens with one attached hydrogen (secondary N) is 2. The third-order valence-corrected chi connectivity index (χ3v) is 7.73. The maximum atomic E-state index is 13.5. The molecule has 0 bridgehead atoms. The standard InChI is InChI=1S/C35H36N6O4/c1-22-18-31(41(39-22)35(2,3)4)34(44)37-26-7-5-6-23(19-26)32(42)24-8-13-28-29(33(43)38-30(28)20-24)21-36-25-9-11-27(12-10-25)40-14-16-45-17-15-40/h5-13,18-21,38,43H,14-17H2,1-4H3,(H,37,44). The highest BCUT2D eigenvalue weighted by atomic mass is 16.5. The first-order valence-electron chi connectivity index (χ1n) is 14.9. The van der Waals surface area contributed by atoms with E-state index in [1.54, 1.807) is 59.4 Å². The van der Waals surface area contributed by atoms with Crippen LogP contribution in [0.3, 0.4) is 0 Å². The van der Waals surface area contributed by atoms with Crippen LogP contribution in [0.1, 0.15) is 58.4 Å². The fourth-order valence-electron chi connectivity index (χ4n) is 5.46. The van der Waals surface area contributed by atoms with Crippen LogP contribution in [0, 0.1) is 6.92 Å². The highest BCUT2D eigenvalue weighted by molar-refractivity contribution is 6.13. The summed E-state index contributed by atoms with van der Waals surface area (Å²) < 4.78 is 7.13. The smallest absolute Gasteiger partial charge is 0.273 e. The maximum absolute atomic E-state index is 13.5. The number of carbonyl (C=O) groups excluding carboxylic acids is 2. The average Bonchev–Trinajstić information content (AvgIpc) is 3.59. The van der Waals surface area contributed by atoms with Gasteiger partial charge in [0.25, 0.3) is 5.91 Å². The highest BCUT2D eigenvalue weighted by Gasteiger charge is 2.23. The molecule has 3 heterocycles. The second kappa shape index (κ2) is 12.0. The van der Waals surface area contributed by atoms with Crippen molar-refractivity contribution in [3.63, 3.8) is 0 Å². The highest BCUT2D eigenvalue weighted by Crippen LogP contribution is 2.29. The SMILES string of the molecule is Cc1cc(C(=O)Nc2cccc(C(=O)c3ccc4c(C=Nc5ccc(N6CCOCC6)cc5)c(O)[nH]c4c3)c2)n(C(C)(C)C)n1. The van der Waals surface area contributed by atoms with Crippen molar-refractivity contribution in [1.82, 2.24) is 14.8 Å². The van der Waals surface area contributed by atoms with Gasteiger partial charge in [-0.25, -0.2) is 0 Å². The zero-order valence-corrected chi connectivity index (χ0v) is 25.8. The molecule has 1 aliphatic heterocycles. The Balaban J connectivity index is 1.18. The number of ketones is 1. The van der Waals surface area contributed by atoms with E-state index in [-0.39, 0.29) is 23.1 Å². The number of anilines is 2. The molecule has 2 aromatic heterocycles. The van der Waals surface area contributed by atoms with Gasteiger partial charge in [-0.1, -0.05) is 24.3 Å². The first-order chi connectivity index (χ1) is 21.6. The number of morpholine rings is 1. The first kappa shape index (κ1) is 29.8. The number of hydrogen-bond donors (Lipinski definition) is 3. The van der Waals surface area contributed by atoms with Crippen LogP contribution in [0.25, 0.3) is 10.9 Å².